The summed E-state index contributed by atoms with van der Waals surface area (Å²) in [6.45, 7) is -0.282. The number of esters is 1. The van der Waals surface area contributed by atoms with Gasteiger partial charge in [0, 0.05) is 7.11 Å². The molecular formula is C12H12F8O5. The van der Waals surface area contributed by atoms with E-state index in [1.807, 2.05) is 0 Å². The van der Waals surface area contributed by atoms with Gasteiger partial charge in [0.15, 0.2) is 0 Å². The number of ether oxygens (including phenoxy) is 4. The zero-order valence-electron chi connectivity index (χ0n) is 12.7. The van der Waals surface area contributed by atoms with E-state index < -0.39 is 54.6 Å². The van der Waals surface area contributed by atoms with Crippen molar-refractivity contribution in [2.24, 2.45) is 0 Å². The molecule has 1 aliphatic heterocycles. The van der Waals surface area contributed by atoms with Crippen molar-refractivity contribution in [2.75, 3.05) is 20.5 Å². The van der Waals surface area contributed by atoms with Crippen molar-refractivity contribution in [3.05, 3.63) is 12.2 Å². The molecule has 0 bridgehead atoms. The summed E-state index contributed by atoms with van der Waals surface area (Å²) in [4.78, 5) is 11.3. The normalized spacial score (nSPS) is 29.5. The van der Waals surface area contributed by atoms with Gasteiger partial charge < -0.3 is 18.9 Å². The molecule has 1 saturated heterocycles. The zero-order chi connectivity index (χ0) is 19.9. The molecule has 0 aliphatic carbocycles. The van der Waals surface area contributed by atoms with Crippen LogP contribution in [0.15, 0.2) is 12.2 Å². The van der Waals surface area contributed by atoms with E-state index in [2.05, 4.69) is 25.5 Å². The van der Waals surface area contributed by atoms with E-state index in [1.165, 1.54) is 0 Å². The van der Waals surface area contributed by atoms with E-state index in [4.69, 9.17) is 0 Å². The second-order valence-corrected chi connectivity index (χ2v) is 5.12. The molecule has 2 atom stereocenters. The van der Waals surface area contributed by atoms with Crippen LogP contribution in [0.2, 0.25) is 0 Å². The maximum atomic E-state index is 14.4. The lowest BCUT2D eigenvalue weighted by molar-refractivity contribution is -0.433. The molecule has 146 valence electrons. The Bertz CT molecular complexity index is 543. The number of hydrogen-bond donors (Lipinski definition) is 0. The van der Waals surface area contributed by atoms with E-state index >= 15 is 0 Å². The monoisotopic (exact) mass is 388 g/mol. The summed E-state index contributed by atoms with van der Waals surface area (Å²) in [5.74, 6) is -12.1. The molecule has 0 spiro atoms. The lowest BCUT2D eigenvalue weighted by atomic mass is 9.94. The van der Waals surface area contributed by atoms with E-state index in [1.54, 1.807) is 0 Å². The van der Waals surface area contributed by atoms with Gasteiger partial charge in [0.25, 0.3) is 0 Å². The predicted octanol–water partition coefficient (Wildman–Crippen LogP) is 2.95. The van der Waals surface area contributed by atoms with Gasteiger partial charge in [-0.2, -0.15) is 35.1 Å². The van der Waals surface area contributed by atoms with Gasteiger partial charge in [-0.25, -0.2) is 4.79 Å². The van der Waals surface area contributed by atoms with Crippen LogP contribution in [0.4, 0.5) is 35.1 Å². The number of carbonyl (C=O) groups is 1. The summed E-state index contributed by atoms with van der Waals surface area (Å²) in [5, 5.41) is 0. The molecule has 2 unspecified atom stereocenters. The third-order valence-corrected chi connectivity index (χ3v) is 3.29. The van der Waals surface area contributed by atoms with E-state index in [0.717, 1.165) is 7.11 Å². The third-order valence-electron chi connectivity index (χ3n) is 3.29. The summed E-state index contributed by atoms with van der Waals surface area (Å²) in [6.07, 6.45) is -11.2. The van der Waals surface area contributed by atoms with Crippen LogP contribution in [0.3, 0.4) is 0 Å². The lowest BCUT2D eigenvalue weighted by Gasteiger charge is -2.38. The van der Waals surface area contributed by atoms with E-state index in [9.17, 15) is 39.9 Å². The molecule has 0 radical (unpaired) electrons. The second kappa shape index (κ2) is 6.36. The van der Waals surface area contributed by atoms with Crippen LogP contribution in [0.25, 0.3) is 0 Å². The molecule has 1 fully saturated rings. The highest BCUT2D eigenvalue weighted by Crippen LogP contribution is 2.56. The number of methoxy groups -OCH3 is 1. The average Bonchev–Trinajstić information content (AvgIpc) is 2.63. The molecule has 25 heavy (non-hydrogen) atoms. The number of rotatable bonds is 5. The molecule has 0 aromatic heterocycles. The van der Waals surface area contributed by atoms with Gasteiger partial charge in [-0.1, -0.05) is 6.58 Å². The number of hydrogen-bond acceptors (Lipinski definition) is 5. The quantitative estimate of drug-likeness (QED) is 0.314. The van der Waals surface area contributed by atoms with Gasteiger partial charge in [0.1, 0.15) is 12.4 Å². The largest absolute Gasteiger partial charge is 0.450 e. The smallest absolute Gasteiger partial charge is 0.447 e. The standard InChI is InChI=1S/C12H12F8O5/c1-6(9(13,14)15)7(21)25-8(2)4-23-11(10(8,16)17,12(18,19)20)24-5-22-3/h1,4-5H2,2-3H3. The minimum Gasteiger partial charge on any atom is -0.447 e. The maximum Gasteiger partial charge on any atom is 0.450 e. The van der Waals surface area contributed by atoms with Crippen LogP contribution < -0.4 is 0 Å². The third kappa shape index (κ3) is 3.44. The van der Waals surface area contributed by atoms with Crippen LogP contribution in [-0.2, 0) is 23.7 Å². The van der Waals surface area contributed by atoms with Gasteiger partial charge >= 0.3 is 30.0 Å². The minimum absolute atomic E-state index is 0.276. The fourth-order valence-electron chi connectivity index (χ4n) is 1.86. The topological polar surface area (TPSA) is 54.0 Å². The lowest BCUT2D eigenvalue weighted by Crippen LogP contribution is -2.65. The minimum atomic E-state index is -5.83. The molecule has 0 aromatic carbocycles. The highest BCUT2D eigenvalue weighted by atomic mass is 19.4. The van der Waals surface area contributed by atoms with Crippen LogP contribution in [0.1, 0.15) is 6.92 Å². The highest BCUT2D eigenvalue weighted by Gasteiger charge is 2.84. The molecule has 0 amide bonds. The molecule has 1 aliphatic rings. The summed E-state index contributed by atoms with van der Waals surface area (Å²) in [6, 6.07) is 0. The number of halogens is 8. The summed E-state index contributed by atoms with van der Waals surface area (Å²) in [5.41, 5.74) is -5.59. The van der Waals surface area contributed by atoms with Gasteiger partial charge in [-0.15, -0.1) is 0 Å². The Labute approximate surface area is 135 Å². The van der Waals surface area contributed by atoms with Gasteiger partial charge in [0.2, 0.25) is 5.60 Å². The van der Waals surface area contributed by atoms with Crippen molar-refractivity contribution in [1.29, 1.82) is 0 Å². The molecule has 1 heterocycles. The van der Waals surface area contributed by atoms with Crippen molar-refractivity contribution in [1.82, 2.24) is 0 Å². The Hall–Kier alpha value is -1.47. The predicted molar refractivity (Wildman–Crippen MR) is 62.3 cm³/mol. The first-order valence-corrected chi connectivity index (χ1v) is 6.26. The van der Waals surface area contributed by atoms with Gasteiger partial charge in [0.05, 0.1) is 6.61 Å². The summed E-state index contributed by atoms with van der Waals surface area (Å²) in [7, 11) is 0.837. The molecule has 0 N–H and O–H groups in total. The first kappa shape index (κ1) is 21.6. The Kier molecular flexibility index (Phi) is 5.49. The van der Waals surface area contributed by atoms with Crippen LogP contribution in [0.5, 0.6) is 0 Å². The van der Waals surface area contributed by atoms with E-state index in [0.29, 0.717) is 0 Å². The van der Waals surface area contributed by atoms with Crippen LogP contribution >= 0.6 is 0 Å². The zero-order valence-corrected chi connectivity index (χ0v) is 12.7. The van der Waals surface area contributed by atoms with Crippen LogP contribution in [0, 0.1) is 0 Å². The SMILES string of the molecule is C=C(C(=O)OC1(C)COC(OCOC)(C(F)(F)F)C1(F)F)C(F)(F)F. The fraction of sp³-hybridized carbons (Fsp3) is 0.750. The average molecular weight is 388 g/mol. The van der Waals surface area contributed by atoms with Gasteiger partial charge in [-0.3, -0.25) is 0 Å². The number of carbonyl (C=O) groups excluding carboxylic acids is 1. The molecule has 5 nitrogen and oxygen atoms in total. The number of alkyl halides is 8. The van der Waals surface area contributed by atoms with Crippen molar-refractivity contribution >= 4 is 5.97 Å². The Morgan fingerprint density at radius 1 is 1.20 bits per heavy atom. The summed E-state index contributed by atoms with van der Waals surface area (Å²) >= 11 is 0. The van der Waals surface area contributed by atoms with Crippen molar-refractivity contribution in [2.45, 2.75) is 36.6 Å². The van der Waals surface area contributed by atoms with Crippen molar-refractivity contribution in [3.63, 3.8) is 0 Å². The molecule has 0 aromatic rings. The summed E-state index contributed by atoms with van der Waals surface area (Å²) < 4.78 is 122. The molecular weight excluding hydrogens is 376 g/mol. The second-order valence-electron chi connectivity index (χ2n) is 5.12. The fourth-order valence-corrected chi connectivity index (χ4v) is 1.86. The molecule has 1 rings (SSSR count). The Morgan fingerprint density at radius 2 is 1.72 bits per heavy atom. The molecule has 0 saturated carbocycles. The maximum absolute atomic E-state index is 14.4. The van der Waals surface area contributed by atoms with Gasteiger partial charge in [-0.05, 0) is 6.92 Å². The Morgan fingerprint density at radius 3 is 2.12 bits per heavy atom. The van der Waals surface area contributed by atoms with Crippen molar-refractivity contribution < 1.29 is 58.9 Å². The Balaban J connectivity index is 3.23. The van der Waals surface area contributed by atoms with Crippen molar-refractivity contribution in [3.8, 4) is 0 Å². The first-order chi connectivity index (χ1) is 11.1. The first-order valence-electron chi connectivity index (χ1n) is 6.26. The highest BCUT2D eigenvalue weighted by molar-refractivity contribution is 5.89. The van der Waals surface area contributed by atoms with E-state index in [-0.39, 0.29) is 6.92 Å². The van der Waals surface area contributed by atoms with Crippen LogP contribution in [-0.4, -0.2) is 56.1 Å². The molecule has 13 heteroatoms.